The fourth-order valence-corrected chi connectivity index (χ4v) is 2.06. The van der Waals surface area contributed by atoms with E-state index in [0.717, 1.165) is 18.5 Å². The highest BCUT2D eigenvalue weighted by Gasteiger charge is 2.03. The molecule has 0 unspecified atom stereocenters. The van der Waals surface area contributed by atoms with Crippen LogP contribution in [0.2, 0.25) is 0 Å². The topological polar surface area (TPSA) is 46.9 Å². The molecule has 0 fully saturated rings. The SMILES string of the molecule is CC(C)CCC(=O)NCc1ccc(Cn2ccnc2)cc1. The number of carbonyl (C=O) groups excluding carboxylic acids is 1. The van der Waals surface area contributed by atoms with E-state index in [1.54, 1.807) is 6.20 Å². The van der Waals surface area contributed by atoms with Crippen molar-refractivity contribution in [2.24, 2.45) is 5.92 Å². The standard InChI is InChI=1S/C17H23N3O/c1-14(2)3-8-17(21)19-11-15-4-6-16(7-5-15)12-20-10-9-18-13-20/h4-7,9-10,13-14H,3,8,11-12H2,1-2H3,(H,19,21). The van der Waals surface area contributed by atoms with Crippen LogP contribution in [0, 0.1) is 5.92 Å². The predicted octanol–water partition coefficient (Wildman–Crippen LogP) is 2.98. The number of benzene rings is 1. The van der Waals surface area contributed by atoms with Crippen molar-refractivity contribution in [3.05, 3.63) is 54.1 Å². The van der Waals surface area contributed by atoms with Crippen molar-refractivity contribution < 1.29 is 4.79 Å². The molecule has 1 heterocycles. The van der Waals surface area contributed by atoms with E-state index >= 15 is 0 Å². The molecule has 21 heavy (non-hydrogen) atoms. The van der Waals surface area contributed by atoms with E-state index in [1.807, 2.05) is 17.1 Å². The van der Waals surface area contributed by atoms with E-state index in [-0.39, 0.29) is 5.91 Å². The number of nitrogens with one attached hydrogen (secondary N) is 1. The Hall–Kier alpha value is -2.10. The zero-order valence-corrected chi connectivity index (χ0v) is 12.7. The Morgan fingerprint density at radius 1 is 1.24 bits per heavy atom. The molecule has 1 aromatic heterocycles. The normalized spacial score (nSPS) is 10.8. The zero-order valence-electron chi connectivity index (χ0n) is 12.7. The van der Waals surface area contributed by atoms with Gasteiger partial charge in [0, 0.05) is 31.9 Å². The molecule has 0 atom stereocenters. The third kappa shape index (κ3) is 5.42. The van der Waals surface area contributed by atoms with Crippen LogP contribution >= 0.6 is 0 Å². The smallest absolute Gasteiger partial charge is 0.220 e. The Labute approximate surface area is 126 Å². The minimum atomic E-state index is 0.131. The Morgan fingerprint density at radius 3 is 2.57 bits per heavy atom. The summed E-state index contributed by atoms with van der Waals surface area (Å²) in [6, 6.07) is 8.31. The molecule has 0 aliphatic rings. The van der Waals surface area contributed by atoms with Gasteiger partial charge in [-0.2, -0.15) is 0 Å². The quantitative estimate of drug-likeness (QED) is 0.850. The summed E-state index contributed by atoms with van der Waals surface area (Å²) in [5, 5.41) is 2.97. The third-order valence-electron chi connectivity index (χ3n) is 3.39. The molecule has 2 rings (SSSR count). The van der Waals surface area contributed by atoms with Crippen molar-refractivity contribution >= 4 is 5.91 Å². The summed E-state index contributed by atoms with van der Waals surface area (Å²) < 4.78 is 2.03. The largest absolute Gasteiger partial charge is 0.352 e. The fraction of sp³-hybridized carbons (Fsp3) is 0.412. The first kappa shape index (κ1) is 15.3. The highest BCUT2D eigenvalue weighted by atomic mass is 16.1. The van der Waals surface area contributed by atoms with Crippen LogP contribution < -0.4 is 5.32 Å². The van der Waals surface area contributed by atoms with Gasteiger partial charge in [-0.15, -0.1) is 0 Å². The number of nitrogens with zero attached hydrogens (tertiary/aromatic N) is 2. The lowest BCUT2D eigenvalue weighted by molar-refractivity contribution is -0.121. The van der Waals surface area contributed by atoms with Gasteiger partial charge in [0.25, 0.3) is 0 Å². The highest BCUT2D eigenvalue weighted by molar-refractivity contribution is 5.75. The summed E-state index contributed by atoms with van der Waals surface area (Å²) in [5.41, 5.74) is 2.35. The van der Waals surface area contributed by atoms with Crippen molar-refractivity contribution in [1.29, 1.82) is 0 Å². The van der Waals surface area contributed by atoms with Gasteiger partial charge in [-0.3, -0.25) is 4.79 Å². The summed E-state index contributed by atoms with van der Waals surface area (Å²) in [6.45, 7) is 5.68. The molecule has 1 N–H and O–H groups in total. The molecule has 0 aliphatic carbocycles. The van der Waals surface area contributed by atoms with Gasteiger partial charge in [0.05, 0.1) is 6.33 Å². The summed E-state index contributed by atoms with van der Waals surface area (Å²) in [6.07, 6.45) is 7.08. The molecular formula is C17H23N3O. The molecule has 0 bridgehead atoms. The van der Waals surface area contributed by atoms with Crippen LogP contribution in [-0.4, -0.2) is 15.5 Å². The van der Waals surface area contributed by atoms with Gasteiger partial charge in [0.2, 0.25) is 5.91 Å². The Kier molecular flexibility index (Phi) is 5.55. The molecule has 4 nitrogen and oxygen atoms in total. The maximum absolute atomic E-state index is 11.7. The second-order valence-electron chi connectivity index (χ2n) is 5.76. The van der Waals surface area contributed by atoms with Crippen LogP contribution in [0.15, 0.2) is 43.0 Å². The van der Waals surface area contributed by atoms with Crippen molar-refractivity contribution in [3.63, 3.8) is 0 Å². The van der Waals surface area contributed by atoms with Gasteiger partial charge < -0.3 is 9.88 Å². The molecule has 0 radical (unpaired) electrons. The number of aromatic nitrogens is 2. The molecule has 0 aliphatic heterocycles. The maximum atomic E-state index is 11.7. The Balaban J connectivity index is 1.78. The second kappa shape index (κ2) is 7.62. The van der Waals surface area contributed by atoms with Crippen LogP contribution in [0.25, 0.3) is 0 Å². The number of hydrogen-bond donors (Lipinski definition) is 1. The van der Waals surface area contributed by atoms with Crippen molar-refractivity contribution in [3.8, 4) is 0 Å². The van der Waals surface area contributed by atoms with Crippen LogP contribution in [0.4, 0.5) is 0 Å². The van der Waals surface area contributed by atoms with Crippen LogP contribution in [0.5, 0.6) is 0 Å². The molecule has 1 amide bonds. The summed E-state index contributed by atoms with van der Waals surface area (Å²) in [4.78, 5) is 15.7. The number of imidazole rings is 1. The highest BCUT2D eigenvalue weighted by Crippen LogP contribution is 2.07. The van der Waals surface area contributed by atoms with E-state index < -0.39 is 0 Å². The van der Waals surface area contributed by atoms with E-state index in [2.05, 4.69) is 48.4 Å². The molecule has 0 saturated carbocycles. The van der Waals surface area contributed by atoms with E-state index in [0.29, 0.717) is 18.9 Å². The third-order valence-corrected chi connectivity index (χ3v) is 3.39. The summed E-state index contributed by atoms with van der Waals surface area (Å²) >= 11 is 0. The minimum Gasteiger partial charge on any atom is -0.352 e. The van der Waals surface area contributed by atoms with E-state index in [4.69, 9.17) is 0 Å². The van der Waals surface area contributed by atoms with Gasteiger partial charge in [-0.25, -0.2) is 4.98 Å². The average Bonchev–Trinajstić information content (AvgIpc) is 2.97. The maximum Gasteiger partial charge on any atom is 0.220 e. The van der Waals surface area contributed by atoms with Crippen molar-refractivity contribution in [2.75, 3.05) is 0 Å². The van der Waals surface area contributed by atoms with E-state index in [9.17, 15) is 4.79 Å². The van der Waals surface area contributed by atoms with Gasteiger partial charge in [-0.1, -0.05) is 38.1 Å². The Bertz CT molecular complexity index is 544. The lowest BCUT2D eigenvalue weighted by Crippen LogP contribution is -2.22. The average molecular weight is 285 g/mol. The lowest BCUT2D eigenvalue weighted by Gasteiger charge is -2.08. The van der Waals surface area contributed by atoms with E-state index in [1.165, 1.54) is 5.56 Å². The molecule has 112 valence electrons. The van der Waals surface area contributed by atoms with Crippen LogP contribution in [0.1, 0.15) is 37.8 Å². The molecule has 0 spiro atoms. The van der Waals surface area contributed by atoms with Crippen molar-refractivity contribution in [2.45, 2.75) is 39.8 Å². The number of carbonyl (C=O) groups is 1. The molecular weight excluding hydrogens is 262 g/mol. The van der Waals surface area contributed by atoms with Crippen molar-refractivity contribution in [1.82, 2.24) is 14.9 Å². The first-order valence-electron chi connectivity index (χ1n) is 7.44. The number of hydrogen-bond acceptors (Lipinski definition) is 2. The van der Waals surface area contributed by atoms with Gasteiger partial charge in [0.1, 0.15) is 0 Å². The first-order valence-corrected chi connectivity index (χ1v) is 7.44. The summed E-state index contributed by atoms with van der Waals surface area (Å²) in [7, 11) is 0. The number of rotatable bonds is 7. The molecule has 2 aromatic rings. The fourth-order valence-electron chi connectivity index (χ4n) is 2.06. The number of amides is 1. The predicted molar refractivity (Wildman–Crippen MR) is 83.7 cm³/mol. The molecule has 4 heteroatoms. The lowest BCUT2D eigenvalue weighted by atomic mass is 10.1. The van der Waals surface area contributed by atoms with Crippen LogP contribution in [0.3, 0.4) is 0 Å². The second-order valence-corrected chi connectivity index (χ2v) is 5.76. The first-order chi connectivity index (χ1) is 10.1. The van der Waals surface area contributed by atoms with Gasteiger partial charge in [0.15, 0.2) is 0 Å². The minimum absolute atomic E-state index is 0.131. The monoisotopic (exact) mass is 285 g/mol. The zero-order chi connectivity index (χ0) is 15.1. The van der Waals surface area contributed by atoms with Gasteiger partial charge >= 0.3 is 0 Å². The van der Waals surface area contributed by atoms with Crippen LogP contribution in [-0.2, 0) is 17.9 Å². The van der Waals surface area contributed by atoms with Gasteiger partial charge in [-0.05, 0) is 23.5 Å². The molecule has 1 aromatic carbocycles. The Morgan fingerprint density at radius 2 is 1.95 bits per heavy atom. The molecule has 0 saturated heterocycles. The summed E-state index contributed by atoms with van der Waals surface area (Å²) in [5.74, 6) is 0.699.